The quantitative estimate of drug-likeness (QED) is 0.853. The van der Waals surface area contributed by atoms with Crippen molar-refractivity contribution in [1.82, 2.24) is 15.0 Å². The van der Waals surface area contributed by atoms with Crippen molar-refractivity contribution in [2.75, 3.05) is 24.6 Å². The van der Waals surface area contributed by atoms with Crippen LogP contribution >= 0.6 is 0 Å². The molecule has 1 aliphatic rings. The maximum Gasteiger partial charge on any atom is 0.161 e. The minimum Gasteiger partial charge on any atom is -0.377 e. The van der Waals surface area contributed by atoms with E-state index in [-0.39, 0.29) is 6.10 Å². The Hall–Kier alpha value is -2.01. The average Bonchev–Trinajstić information content (AvgIpc) is 2.75. The van der Waals surface area contributed by atoms with Crippen LogP contribution in [0.2, 0.25) is 0 Å². The summed E-state index contributed by atoms with van der Waals surface area (Å²) >= 11 is 0. The zero-order valence-corrected chi connectivity index (χ0v) is 13.4. The molecule has 2 aromatic heterocycles. The molecular formula is C17H22N4O. The van der Waals surface area contributed by atoms with Gasteiger partial charge in [0, 0.05) is 48.9 Å². The lowest BCUT2D eigenvalue weighted by Crippen LogP contribution is -2.31. The Kier molecular flexibility index (Phi) is 4.34. The summed E-state index contributed by atoms with van der Waals surface area (Å²) in [5, 5.41) is 0. The van der Waals surface area contributed by atoms with Gasteiger partial charge in [-0.2, -0.15) is 0 Å². The fourth-order valence-corrected chi connectivity index (χ4v) is 2.74. The summed E-state index contributed by atoms with van der Waals surface area (Å²) in [4.78, 5) is 15.9. The van der Waals surface area contributed by atoms with Gasteiger partial charge in [-0.05, 0) is 39.3 Å². The molecule has 0 spiro atoms. The molecule has 0 bridgehead atoms. The first-order valence-corrected chi connectivity index (χ1v) is 7.77. The number of aryl methyl sites for hydroxylation is 1. The smallest absolute Gasteiger partial charge is 0.161 e. The minimum absolute atomic E-state index is 0.224. The second-order valence-electron chi connectivity index (χ2n) is 5.80. The first-order chi connectivity index (χ1) is 10.6. The Bertz CT molecular complexity index is 645. The molecule has 0 N–H and O–H groups in total. The van der Waals surface area contributed by atoms with Gasteiger partial charge in [-0.25, -0.2) is 9.97 Å². The number of hydrogen-bond acceptors (Lipinski definition) is 5. The SMILES string of the molecule is Cc1nc(-c2ccncc2)nc(N2CCCOC(C)C2)c1C. The number of pyridine rings is 1. The number of ether oxygens (including phenoxy) is 1. The Balaban J connectivity index is 2.01. The molecule has 2 aromatic rings. The van der Waals surface area contributed by atoms with E-state index in [2.05, 4.69) is 28.7 Å². The Morgan fingerprint density at radius 3 is 2.73 bits per heavy atom. The van der Waals surface area contributed by atoms with E-state index in [0.717, 1.165) is 54.6 Å². The fourth-order valence-electron chi connectivity index (χ4n) is 2.74. The van der Waals surface area contributed by atoms with Crippen LogP contribution in [0.3, 0.4) is 0 Å². The highest BCUT2D eigenvalue weighted by Gasteiger charge is 2.20. The highest BCUT2D eigenvalue weighted by atomic mass is 16.5. The standard InChI is InChI=1S/C17H22N4O/c1-12-11-21(9-4-10-22-12)17-13(2)14(3)19-16(20-17)15-5-7-18-8-6-15/h5-8,12H,4,9-11H2,1-3H3. The van der Waals surface area contributed by atoms with E-state index in [1.54, 1.807) is 12.4 Å². The van der Waals surface area contributed by atoms with Crippen LogP contribution in [-0.4, -0.2) is 40.8 Å². The average molecular weight is 298 g/mol. The third kappa shape index (κ3) is 3.09. The molecule has 0 amide bonds. The third-order valence-electron chi connectivity index (χ3n) is 4.05. The van der Waals surface area contributed by atoms with Crippen LogP contribution in [0, 0.1) is 13.8 Å². The van der Waals surface area contributed by atoms with Crippen LogP contribution in [0.5, 0.6) is 0 Å². The van der Waals surface area contributed by atoms with Crippen molar-refractivity contribution in [3.63, 3.8) is 0 Å². The van der Waals surface area contributed by atoms with Gasteiger partial charge < -0.3 is 9.64 Å². The third-order valence-corrected chi connectivity index (χ3v) is 4.05. The number of aromatic nitrogens is 3. The van der Waals surface area contributed by atoms with Gasteiger partial charge >= 0.3 is 0 Å². The zero-order valence-electron chi connectivity index (χ0n) is 13.4. The van der Waals surface area contributed by atoms with Crippen molar-refractivity contribution in [1.29, 1.82) is 0 Å². The summed E-state index contributed by atoms with van der Waals surface area (Å²) in [6.45, 7) is 8.91. The normalized spacial score (nSPS) is 19.0. The molecule has 5 heteroatoms. The second kappa shape index (κ2) is 6.40. The number of rotatable bonds is 2. The highest BCUT2D eigenvalue weighted by molar-refractivity contribution is 5.59. The van der Waals surface area contributed by atoms with Gasteiger partial charge in [-0.15, -0.1) is 0 Å². The molecule has 0 saturated carbocycles. The van der Waals surface area contributed by atoms with E-state index in [0.29, 0.717) is 0 Å². The van der Waals surface area contributed by atoms with Crippen molar-refractivity contribution in [3.05, 3.63) is 35.8 Å². The first-order valence-electron chi connectivity index (χ1n) is 7.77. The molecule has 22 heavy (non-hydrogen) atoms. The van der Waals surface area contributed by atoms with Crippen LogP contribution < -0.4 is 4.90 Å². The monoisotopic (exact) mass is 298 g/mol. The topological polar surface area (TPSA) is 51.1 Å². The van der Waals surface area contributed by atoms with E-state index in [1.165, 1.54) is 0 Å². The molecule has 3 rings (SSSR count). The van der Waals surface area contributed by atoms with Gasteiger partial charge in [0.1, 0.15) is 5.82 Å². The van der Waals surface area contributed by atoms with Crippen molar-refractivity contribution >= 4 is 5.82 Å². The fraction of sp³-hybridized carbons (Fsp3) is 0.471. The number of nitrogens with zero attached hydrogens (tertiary/aromatic N) is 4. The Morgan fingerprint density at radius 1 is 1.18 bits per heavy atom. The van der Waals surface area contributed by atoms with Crippen molar-refractivity contribution < 1.29 is 4.74 Å². The number of anilines is 1. The summed E-state index contributed by atoms with van der Waals surface area (Å²) in [7, 11) is 0. The summed E-state index contributed by atoms with van der Waals surface area (Å²) in [6.07, 6.45) is 4.80. The highest BCUT2D eigenvalue weighted by Crippen LogP contribution is 2.25. The van der Waals surface area contributed by atoms with E-state index < -0.39 is 0 Å². The summed E-state index contributed by atoms with van der Waals surface area (Å²) in [5.74, 6) is 1.79. The lowest BCUT2D eigenvalue weighted by molar-refractivity contribution is 0.0820. The molecule has 5 nitrogen and oxygen atoms in total. The van der Waals surface area contributed by atoms with Crippen LogP contribution in [0.15, 0.2) is 24.5 Å². The van der Waals surface area contributed by atoms with Crippen LogP contribution in [-0.2, 0) is 4.74 Å². The molecule has 3 heterocycles. The first kappa shape index (κ1) is 14.9. The largest absolute Gasteiger partial charge is 0.377 e. The van der Waals surface area contributed by atoms with Crippen LogP contribution in [0.25, 0.3) is 11.4 Å². The van der Waals surface area contributed by atoms with E-state index in [9.17, 15) is 0 Å². The molecular weight excluding hydrogens is 276 g/mol. The molecule has 1 fully saturated rings. The van der Waals surface area contributed by atoms with Gasteiger partial charge in [0.05, 0.1) is 6.10 Å². The molecule has 1 aliphatic heterocycles. The Morgan fingerprint density at radius 2 is 1.95 bits per heavy atom. The predicted octanol–water partition coefficient (Wildman–Crippen LogP) is 2.77. The van der Waals surface area contributed by atoms with E-state index in [4.69, 9.17) is 9.72 Å². The summed E-state index contributed by atoms with van der Waals surface area (Å²) in [6, 6.07) is 3.89. The number of hydrogen-bond donors (Lipinski definition) is 0. The van der Waals surface area contributed by atoms with Crippen molar-refractivity contribution in [2.24, 2.45) is 0 Å². The Labute approximate surface area is 131 Å². The van der Waals surface area contributed by atoms with Gasteiger partial charge in [-0.3, -0.25) is 4.98 Å². The van der Waals surface area contributed by atoms with Gasteiger partial charge in [0.25, 0.3) is 0 Å². The molecule has 0 aromatic carbocycles. The lowest BCUT2D eigenvalue weighted by atomic mass is 10.2. The van der Waals surface area contributed by atoms with Crippen molar-refractivity contribution in [2.45, 2.75) is 33.3 Å². The summed E-state index contributed by atoms with van der Waals surface area (Å²) in [5.41, 5.74) is 3.17. The maximum atomic E-state index is 5.75. The molecule has 1 unspecified atom stereocenters. The van der Waals surface area contributed by atoms with Crippen molar-refractivity contribution in [3.8, 4) is 11.4 Å². The van der Waals surface area contributed by atoms with Gasteiger partial charge in [-0.1, -0.05) is 0 Å². The van der Waals surface area contributed by atoms with E-state index >= 15 is 0 Å². The lowest BCUT2D eigenvalue weighted by Gasteiger charge is -2.25. The van der Waals surface area contributed by atoms with Gasteiger partial charge in [0.15, 0.2) is 5.82 Å². The molecule has 1 atom stereocenters. The zero-order chi connectivity index (χ0) is 15.5. The van der Waals surface area contributed by atoms with Gasteiger partial charge in [0.2, 0.25) is 0 Å². The second-order valence-corrected chi connectivity index (χ2v) is 5.80. The predicted molar refractivity (Wildman–Crippen MR) is 87.0 cm³/mol. The molecule has 116 valence electrons. The van der Waals surface area contributed by atoms with E-state index in [1.807, 2.05) is 19.1 Å². The van der Waals surface area contributed by atoms with Crippen LogP contribution in [0.1, 0.15) is 24.6 Å². The maximum absolute atomic E-state index is 5.75. The van der Waals surface area contributed by atoms with Crippen LogP contribution in [0.4, 0.5) is 5.82 Å². The molecule has 0 radical (unpaired) electrons. The summed E-state index contributed by atoms with van der Waals surface area (Å²) < 4.78 is 5.75. The molecule has 0 aliphatic carbocycles. The minimum atomic E-state index is 0.224. The molecule has 1 saturated heterocycles.